The van der Waals surface area contributed by atoms with Crippen LogP contribution in [0, 0.1) is 5.92 Å². The lowest BCUT2D eigenvalue weighted by molar-refractivity contribution is -0.122. The van der Waals surface area contributed by atoms with E-state index in [1.54, 1.807) is 6.07 Å². The van der Waals surface area contributed by atoms with Crippen LogP contribution in [0.5, 0.6) is 0 Å². The second-order valence-electron chi connectivity index (χ2n) is 5.82. The highest BCUT2D eigenvalue weighted by atomic mass is 16.5. The molecule has 0 spiro atoms. The molecule has 1 saturated heterocycles. The second kappa shape index (κ2) is 7.88. The van der Waals surface area contributed by atoms with Gasteiger partial charge < -0.3 is 15.4 Å². The minimum Gasteiger partial charge on any atom is -0.381 e. The molecule has 24 heavy (non-hydrogen) atoms. The minimum atomic E-state index is -0.00959. The minimum absolute atomic E-state index is 0.00483. The standard InChI is InChI=1S/C18H22N4O2/c1-2-13-5-3-4-6-15(13)19-16-7-8-17(22-21-16)20-18(23)14-9-11-24-12-10-14/h3-8,14H,2,9-12H2,1H3,(H,19,21)(H,20,22,23). The summed E-state index contributed by atoms with van der Waals surface area (Å²) in [6.07, 6.45) is 2.45. The van der Waals surface area contributed by atoms with Gasteiger partial charge in [0.05, 0.1) is 0 Å². The summed E-state index contributed by atoms with van der Waals surface area (Å²) in [5.74, 6) is 1.11. The summed E-state index contributed by atoms with van der Waals surface area (Å²) in [5, 5.41) is 14.3. The van der Waals surface area contributed by atoms with Gasteiger partial charge in [-0.3, -0.25) is 4.79 Å². The fourth-order valence-electron chi connectivity index (χ4n) is 2.74. The van der Waals surface area contributed by atoms with Crippen LogP contribution in [0.1, 0.15) is 25.3 Å². The van der Waals surface area contributed by atoms with E-state index in [0.29, 0.717) is 24.8 Å². The molecule has 0 radical (unpaired) electrons. The van der Waals surface area contributed by atoms with Crippen LogP contribution in [0.15, 0.2) is 36.4 Å². The van der Waals surface area contributed by atoms with Crippen molar-refractivity contribution in [2.24, 2.45) is 5.92 Å². The third kappa shape index (κ3) is 4.08. The molecule has 0 saturated carbocycles. The molecule has 0 atom stereocenters. The second-order valence-corrected chi connectivity index (χ2v) is 5.82. The van der Waals surface area contributed by atoms with E-state index in [-0.39, 0.29) is 11.8 Å². The summed E-state index contributed by atoms with van der Waals surface area (Å²) in [6.45, 7) is 3.40. The highest BCUT2D eigenvalue weighted by molar-refractivity contribution is 5.91. The predicted molar refractivity (Wildman–Crippen MR) is 93.3 cm³/mol. The van der Waals surface area contributed by atoms with Crippen molar-refractivity contribution in [1.29, 1.82) is 0 Å². The molecule has 1 aromatic heterocycles. The van der Waals surface area contributed by atoms with Crippen LogP contribution in [0.2, 0.25) is 0 Å². The first-order valence-electron chi connectivity index (χ1n) is 8.33. The number of carbonyl (C=O) groups excluding carboxylic acids is 1. The highest BCUT2D eigenvalue weighted by Crippen LogP contribution is 2.21. The van der Waals surface area contributed by atoms with Gasteiger partial charge in [-0.2, -0.15) is 0 Å². The van der Waals surface area contributed by atoms with E-state index in [1.165, 1.54) is 5.56 Å². The van der Waals surface area contributed by atoms with E-state index in [1.807, 2.05) is 24.3 Å². The monoisotopic (exact) mass is 326 g/mol. The number of rotatable bonds is 5. The molecule has 0 aliphatic carbocycles. The van der Waals surface area contributed by atoms with Gasteiger partial charge >= 0.3 is 0 Å². The van der Waals surface area contributed by atoms with Gasteiger partial charge in [0.25, 0.3) is 0 Å². The average Bonchev–Trinajstić information content (AvgIpc) is 2.64. The molecule has 1 aliphatic rings. The molecule has 0 bridgehead atoms. The maximum absolute atomic E-state index is 12.2. The molecule has 1 aromatic carbocycles. The lowest BCUT2D eigenvalue weighted by atomic mass is 9.99. The number of aryl methyl sites for hydroxylation is 1. The number of anilines is 3. The molecule has 6 heteroatoms. The van der Waals surface area contributed by atoms with Gasteiger partial charge in [0, 0.05) is 24.8 Å². The molecular weight excluding hydrogens is 304 g/mol. The SMILES string of the molecule is CCc1ccccc1Nc1ccc(NC(=O)C2CCOCC2)nn1. The molecule has 0 unspecified atom stereocenters. The lowest BCUT2D eigenvalue weighted by Crippen LogP contribution is -2.28. The van der Waals surface area contributed by atoms with Crippen molar-refractivity contribution < 1.29 is 9.53 Å². The van der Waals surface area contributed by atoms with E-state index in [9.17, 15) is 4.79 Å². The highest BCUT2D eigenvalue weighted by Gasteiger charge is 2.21. The topological polar surface area (TPSA) is 76.1 Å². The van der Waals surface area contributed by atoms with E-state index in [2.05, 4.69) is 33.8 Å². The summed E-state index contributed by atoms with van der Waals surface area (Å²) in [5.41, 5.74) is 2.24. The summed E-state index contributed by atoms with van der Waals surface area (Å²) in [4.78, 5) is 12.2. The van der Waals surface area contributed by atoms with Crippen LogP contribution in [0.4, 0.5) is 17.3 Å². The maximum Gasteiger partial charge on any atom is 0.228 e. The van der Waals surface area contributed by atoms with Crippen LogP contribution in [-0.4, -0.2) is 29.3 Å². The first-order valence-corrected chi connectivity index (χ1v) is 8.33. The van der Waals surface area contributed by atoms with Crippen LogP contribution in [0.25, 0.3) is 0 Å². The van der Waals surface area contributed by atoms with Crippen molar-refractivity contribution in [3.8, 4) is 0 Å². The molecule has 2 N–H and O–H groups in total. The molecule has 3 rings (SSSR count). The van der Waals surface area contributed by atoms with Crippen LogP contribution < -0.4 is 10.6 Å². The number of nitrogens with one attached hydrogen (secondary N) is 2. The summed E-state index contributed by atoms with van der Waals surface area (Å²) in [6, 6.07) is 11.7. The molecule has 2 heterocycles. The summed E-state index contributed by atoms with van der Waals surface area (Å²) in [7, 11) is 0. The van der Waals surface area contributed by atoms with E-state index < -0.39 is 0 Å². The van der Waals surface area contributed by atoms with E-state index in [0.717, 1.165) is 24.9 Å². The normalized spacial score (nSPS) is 15.0. The predicted octanol–water partition coefficient (Wildman–Crippen LogP) is 3.15. The molecule has 2 aromatic rings. The number of hydrogen-bond donors (Lipinski definition) is 2. The Kier molecular flexibility index (Phi) is 5.38. The van der Waals surface area contributed by atoms with Gasteiger partial charge in [-0.05, 0) is 43.0 Å². The Bertz CT molecular complexity index is 682. The Morgan fingerprint density at radius 3 is 2.54 bits per heavy atom. The Balaban J connectivity index is 1.61. The van der Waals surface area contributed by atoms with Crippen molar-refractivity contribution in [2.45, 2.75) is 26.2 Å². The van der Waals surface area contributed by atoms with Crippen molar-refractivity contribution in [3.63, 3.8) is 0 Å². The van der Waals surface area contributed by atoms with Crippen LogP contribution in [-0.2, 0) is 16.0 Å². The zero-order valence-electron chi connectivity index (χ0n) is 13.8. The molecule has 6 nitrogen and oxygen atoms in total. The number of carbonyl (C=O) groups is 1. The summed E-state index contributed by atoms with van der Waals surface area (Å²) >= 11 is 0. The number of nitrogens with zero attached hydrogens (tertiary/aromatic N) is 2. The lowest BCUT2D eigenvalue weighted by Gasteiger charge is -2.20. The van der Waals surface area contributed by atoms with Crippen molar-refractivity contribution in [3.05, 3.63) is 42.0 Å². The number of ether oxygens (including phenoxy) is 1. The zero-order valence-corrected chi connectivity index (χ0v) is 13.8. The Labute approximate surface area is 141 Å². The fraction of sp³-hybridized carbons (Fsp3) is 0.389. The number of benzene rings is 1. The van der Waals surface area contributed by atoms with E-state index >= 15 is 0 Å². The van der Waals surface area contributed by atoms with Crippen LogP contribution >= 0.6 is 0 Å². The molecule has 1 fully saturated rings. The first-order chi connectivity index (χ1) is 11.8. The van der Waals surface area contributed by atoms with Gasteiger partial charge in [-0.1, -0.05) is 25.1 Å². The quantitative estimate of drug-likeness (QED) is 0.883. The van der Waals surface area contributed by atoms with Crippen molar-refractivity contribution in [1.82, 2.24) is 10.2 Å². The first kappa shape index (κ1) is 16.4. The molecular formula is C18H22N4O2. The number of amides is 1. The summed E-state index contributed by atoms with van der Waals surface area (Å²) < 4.78 is 5.28. The van der Waals surface area contributed by atoms with Gasteiger partial charge in [-0.25, -0.2) is 0 Å². The fourth-order valence-corrected chi connectivity index (χ4v) is 2.74. The molecule has 126 valence electrons. The smallest absolute Gasteiger partial charge is 0.228 e. The largest absolute Gasteiger partial charge is 0.381 e. The Morgan fingerprint density at radius 1 is 1.12 bits per heavy atom. The van der Waals surface area contributed by atoms with Gasteiger partial charge in [0.15, 0.2) is 11.6 Å². The van der Waals surface area contributed by atoms with Crippen LogP contribution in [0.3, 0.4) is 0 Å². The van der Waals surface area contributed by atoms with Gasteiger partial charge in [0.1, 0.15) is 0 Å². The average molecular weight is 326 g/mol. The van der Waals surface area contributed by atoms with Gasteiger partial charge in [-0.15, -0.1) is 10.2 Å². The van der Waals surface area contributed by atoms with Gasteiger partial charge in [0.2, 0.25) is 5.91 Å². The zero-order chi connectivity index (χ0) is 16.8. The number of hydrogen-bond acceptors (Lipinski definition) is 5. The van der Waals surface area contributed by atoms with E-state index in [4.69, 9.17) is 4.74 Å². The number of para-hydroxylation sites is 1. The Morgan fingerprint density at radius 2 is 1.83 bits per heavy atom. The number of aromatic nitrogens is 2. The third-order valence-electron chi connectivity index (χ3n) is 4.17. The molecule has 1 amide bonds. The van der Waals surface area contributed by atoms with Crippen molar-refractivity contribution in [2.75, 3.05) is 23.8 Å². The van der Waals surface area contributed by atoms with Crippen molar-refractivity contribution >= 4 is 23.2 Å². The maximum atomic E-state index is 12.2. The Hall–Kier alpha value is -2.47. The molecule has 1 aliphatic heterocycles. The third-order valence-corrected chi connectivity index (χ3v) is 4.17.